The predicted octanol–water partition coefficient (Wildman–Crippen LogP) is 3.51. The number of nitrogens with one attached hydrogen (secondary N) is 2. The van der Waals surface area contributed by atoms with Gasteiger partial charge in [0, 0.05) is 25.1 Å². The zero-order valence-corrected chi connectivity index (χ0v) is 15.2. The molecule has 0 radical (unpaired) electrons. The smallest absolute Gasteiger partial charge is 0.241 e. The SMILES string of the molecule is O=C(NC1CC1)[C@@H](NC[C@H]1CCO[C@@H]1c1ccccc1)c1ccc(F)cc1. The van der Waals surface area contributed by atoms with Gasteiger partial charge in [0.2, 0.25) is 5.91 Å². The van der Waals surface area contributed by atoms with Gasteiger partial charge >= 0.3 is 0 Å². The molecule has 2 N–H and O–H groups in total. The number of carbonyl (C=O) groups excluding carboxylic acids is 1. The first kappa shape index (κ1) is 18.1. The highest BCUT2D eigenvalue weighted by atomic mass is 19.1. The van der Waals surface area contributed by atoms with Gasteiger partial charge in [-0.1, -0.05) is 42.5 Å². The van der Waals surface area contributed by atoms with Gasteiger partial charge in [-0.15, -0.1) is 0 Å². The molecule has 2 aromatic rings. The van der Waals surface area contributed by atoms with Crippen LogP contribution < -0.4 is 10.6 Å². The number of amides is 1. The molecule has 0 spiro atoms. The summed E-state index contributed by atoms with van der Waals surface area (Å²) in [5.74, 6) is -0.0446. The molecule has 1 aliphatic heterocycles. The summed E-state index contributed by atoms with van der Waals surface area (Å²) in [6, 6.07) is 16.2. The summed E-state index contributed by atoms with van der Waals surface area (Å²) in [5.41, 5.74) is 1.95. The van der Waals surface area contributed by atoms with E-state index in [0.29, 0.717) is 12.5 Å². The van der Waals surface area contributed by atoms with E-state index >= 15 is 0 Å². The van der Waals surface area contributed by atoms with Crippen LogP contribution in [0.15, 0.2) is 54.6 Å². The van der Waals surface area contributed by atoms with Gasteiger partial charge in [0.25, 0.3) is 0 Å². The van der Waals surface area contributed by atoms with Crippen LogP contribution in [0.2, 0.25) is 0 Å². The summed E-state index contributed by atoms with van der Waals surface area (Å²) in [6.45, 7) is 1.39. The average molecular weight is 368 g/mol. The molecule has 2 aromatic carbocycles. The Kier molecular flexibility index (Phi) is 5.50. The summed E-state index contributed by atoms with van der Waals surface area (Å²) in [4.78, 5) is 12.7. The second kappa shape index (κ2) is 8.19. The largest absolute Gasteiger partial charge is 0.373 e. The molecule has 1 amide bonds. The lowest BCUT2D eigenvalue weighted by atomic mass is 9.94. The van der Waals surface area contributed by atoms with E-state index in [1.165, 1.54) is 17.7 Å². The lowest BCUT2D eigenvalue weighted by Gasteiger charge is -2.24. The van der Waals surface area contributed by atoms with Gasteiger partial charge in [0.1, 0.15) is 11.9 Å². The third kappa shape index (κ3) is 4.54. The fraction of sp³-hybridized carbons (Fsp3) is 0.409. The molecular formula is C22H25FN2O2. The van der Waals surface area contributed by atoms with Crippen molar-refractivity contribution in [3.63, 3.8) is 0 Å². The van der Waals surface area contributed by atoms with E-state index in [-0.39, 0.29) is 23.9 Å². The van der Waals surface area contributed by atoms with Crippen molar-refractivity contribution in [1.82, 2.24) is 10.6 Å². The van der Waals surface area contributed by atoms with Crippen LogP contribution in [0.4, 0.5) is 4.39 Å². The van der Waals surface area contributed by atoms with Crippen molar-refractivity contribution in [3.05, 3.63) is 71.5 Å². The number of halogens is 1. The maximum Gasteiger partial charge on any atom is 0.241 e. The molecule has 3 atom stereocenters. The molecule has 142 valence electrons. The summed E-state index contributed by atoms with van der Waals surface area (Å²) < 4.78 is 19.3. The van der Waals surface area contributed by atoms with Crippen LogP contribution in [-0.2, 0) is 9.53 Å². The molecule has 1 heterocycles. The summed E-state index contributed by atoms with van der Waals surface area (Å²) >= 11 is 0. The highest BCUT2D eigenvalue weighted by Crippen LogP contribution is 2.34. The van der Waals surface area contributed by atoms with Gasteiger partial charge in [-0.25, -0.2) is 4.39 Å². The molecule has 1 saturated carbocycles. The van der Waals surface area contributed by atoms with E-state index in [9.17, 15) is 9.18 Å². The van der Waals surface area contributed by atoms with E-state index < -0.39 is 6.04 Å². The van der Waals surface area contributed by atoms with Crippen molar-refractivity contribution in [3.8, 4) is 0 Å². The number of carbonyl (C=O) groups is 1. The van der Waals surface area contributed by atoms with Gasteiger partial charge in [0.05, 0.1) is 6.10 Å². The quantitative estimate of drug-likeness (QED) is 0.786. The average Bonchev–Trinajstić information content (AvgIpc) is 3.38. The van der Waals surface area contributed by atoms with Crippen molar-refractivity contribution in [2.24, 2.45) is 5.92 Å². The molecule has 4 nitrogen and oxygen atoms in total. The van der Waals surface area contributed by atoms with Crippen LogP contribution in [0.1, 0.15) is 42.5 Å². The number of hydrogen-bond acceptors (Lipinski definition) is 3. The first-order valence-corrected chi connectivity index (χ1v) is 9.66. The molecule has 4 rings (SSSR count). The van der Waals surface area contributed by atoms with E-state index in [1.807, 2.05) is 18.2 Å². The summed E-state index contributed by atoms with van der Waals surface area (Å²) in [5, 5.41) is 6.47. The molecule has 1 saturated heterocycles. The fourth-order valence-electron chi connectivity index (χ4n) is 3.65. The molecule has 27 heavy (non-hydrogen) atoms. The molecule has 2 fully saturated rings. The van der Waals surface area contributed by atoms with Crippen LogP contribution >= 0.6 is 0 Å². The van der Waals surface area contributed by atoms with E-state index in [2.05, 4.69) is 22.8 Å². The van der Waals surface area contributed by atoms with Crippen molar-refractivity contribution in [2.45, 2.75) is 37.5 Å². The zero-order valence-electron chi connectivity index (χ0n) is 15.2. The number of ether oxygens (including phenoxy) is 1. The Morgan fingerprint density at radius 2 is 1.81 bits per heavy atom. The van der Waals surface area contributed by atoms with Crippen LogP contribution in [0.3, 0.4) is 0 Å². The molecule has 2 aliphatic rings. The monoisotopic (exact) mass is 368 g/mol. The van der Waals surface area contributed by atoms with E-state index in [4.69, 9.17) is 4.74 Å². The third-order valence-corrected chi connectivity index (χ3v) is 5.32. The molecule has 5 heteroatoms. The van der Waals surface area contributed by atoms with Crippen LogP contribution in [0.5, 0.6) is 0 Å². The van der Waals surface area contributed by atoms with Crippen LogP contribution in [0.25, 0.3) is 0 Å². The highest BCUT2D eigenvalue weighted by molar-refractivity contribution is 5.83. The van der Waals surface area contributed by atoms with Gasteiger partial charge < -0.3 is 15.4 Å². The lowest BCUT2D eigenvalue weighted by molar-refractivity contribution is -0.123. The molecule has 0 bridgehead atoms. The van der Waals surface area contributed by atoms with E-state index in [1.54, 1.807) is 12.1 Å². The van der Waals surface area contributed by atoms with Crippen molar-refractivity contribution < 1.29 is 13.9 Å². The Morgan fingerprint density at radius 1 is 1.07 bits per heavy atom. The van der Waals surface area contributed by atoms with E-state index in [0.717, 1.165) is 31.4 Å². The van der Waals surface area contributed by atoms with Crippen molar-refractivity contribution in [1.29, 1.82) is 0 Å². The minimum absolute atomic E-state index is 0.0408. The van der Waals surface area contributed by atoms with Crippen molar-refractivity contribution in [2.75, 3.05) is 13.2 Å². The van der Waals surface area contributed by atoms with Crippen LogP contribution in [-0.4, -0.2) is 25.1 Å². The number of hydrogen-bond donors (Lipinski definition) is 2. The van der Waals surface area contributed by atoms with Gasteiger partial charge in [-0.3, -0.25) is 4.79 Å². The summed E-state index contributed by atoms with van der Waals surface area (Å²) in [6.07, 6.45) is 3.06. The summed E-state index contributed by atoms with van der Waals surface area (Å²) in [7, 11) is 0. The molecule has 0 unspecified atom stereocenters. The lowest BCUT2D eigenvalue weighted by Crippen LogP contribution is -2.40. The Bertz CT molecular complexity index is 762. The molecule has 0 aromatic heterocycles. The zero-order chi connectivity index (χ0) is 18.6. The van der Waals surface area contributed by atoms with Gasteiger partial charge in [-0.05, 0) is 42.5 Å². The Hall–Kier alpha value is -2.24. The molecular weight excluding hydrogens is 343 g/mol. The van der Waals surface area contributed by atoms with Gasteiger partial charge in [-0.2, -0.15) is 0 Å². The maximum absolute atomic E-state index is 13.3. The minimum atomic E-state index is -0.483. The Balaban J connectivity index is 1.46. The fourth-order valence-corrected chi connectivity index (χ4v) is 3.65. The Labute approximate surface area is 159 Å². The topological polar surface area (TPSA) is 50.4 Å². The van der Waals surface area contributed by atoms with Crippen molar-refractivity contribution >= 4 is 5.91 Å². The highest BCUT2D eigenvalue weighted by Gasteiger charge is 2.32. The minimum Gasteiger partial charge on any atom is -0.373 e. The predicted molar refractivity (Wildman–Crippen MR) is 102 cm³/mol. The third-order valence-electron chi connectivity index (χ3n) is 5.32. The molecule has 1 aliphatic carbocycles. The maximum atomic E-state index is 13.3. The number of benzene rings is 2. The first-order valence-electron chi connectivity index (χ1n) is 9.66. The van der Waals surface area contributed by atoms with Gasteiger partial charge in [0.15, 0.2) is 0 Å². The van der Waals surface area contributed by atoms with Crippen LogP contribution in [0, 0.1) is 11.7 Å². The number of rotatable bonds is 7. The normalized spacial score (nSPS) is 23.1. The Morgan fingerprint density at radius 3 is 2.52 bits per heavy atom. The second-order valence-corrected chi connectivity index (χ2v) is 7.43. The second-order valence-electron chi connectivity index (χ2n) is 7.43. The first-order chi connectivity index (χ1) is 13.2. The standard InChI is InChI=1S/C22H25FN2O2/c23-18-8-6-15(7-9-18)20(22(26)25-19-10-11-19)24-14-17-12-13-27-21(17)16-4-2-1-3-5-16/h1-9,17,19-21,24H,10-14H2,(H,25,26)/t17-,20+,21-/m1/s1.